The van der Waals surface area contributed by atoms with E-state index in [4.69, 9.17) is 4.74 Å². The second-order valence-corrected chi connectivity index (χ2v) is 5.61. The van der Waals surface area contributed by atoms with E-state index in [1.54, 1.807) is 30.6 Å². The number of aromatic nitrogens is 1. The summed E-state index contributed by atoms with van der Waals surface area (Å²) < 4.78 is 20.2. The van der Waals surface area contributed by atoms with Crippen LogP contribution in [0.2, 0.25) is 0 Å². The zero-order valence-electron chi connectivity index (χ0n) is 11.4. The Bertz CT molecular complexity index is 590. The predicted molar refractivity (Wildman–Crippen MR) is 80.4 cm³/mol. The van der Waals surface area contributed by atoms with Crippen LogP contribution in [0.3, 0.4) is 0 Å². The zero-order valence-corrected chi connectivity index (χ0v) is 12.9. The molecule has 3 nitrogen and oxygen atoms in total. The van der Waals surface area contributed by atoms with Crippen molar-refractivity contribution in [3.8, 4) is 11.5 Å². The molecule has 5 heteroatoms. The number of nitrogens with one attached hydrogen (secondary N) is 1. The maximum Gasteiger partial charge on any atom is 0.165 e. The number of pyridine rings is 1. The van der Waals surface area contributed by atoms with Crippen LogP contribution >= 0.6 is 15.9 Å². The second kappa shape index (κ2) is 6.81. The van der Waals surface area contributed by atoms with Gasteiger partial charge < -0.3 is 10.1 Å². The average Bonchev–Trinajstić information content (AvgIpc) is 2.42. The Morgan fingerprint density at radius 2 is 2.10 bits per heavy atom. The van der Waals surface area contributed by atoms with Crippen LogP contribution in [-0.4, -0.2) is 11.0 Å². The normalized spacial score (nSPS) is 10.8. The summed E-state index contributed by atoms with van der Waals surface area (Å²) >= 11 is 3.31. The standard InChI is InChI=1S/C15H16BrFN2O/c1-10(2)19-9-11-8-18-6-5-14(11)20-15-7-12(16)3-4-13(15)17/h3-8,10,19H,9H2,1-2H3. The quantitative estimate of drug-likeness (QED) is 0.883. The van der Waals surface area contributed by atoms with Crippen molar-refractivity contribution >= 4 is 15.9 Å². The Kier molecular flexibility index (Phi) is 5.09. The molecule has 1 N–H and O–H groups in total. The largest absolute Gasteiger partial charge is 0.454 e. The van der Waals surface area contributed by atoms with E-state index in [9.17, 15) is 4.39 Å². The van der Waals surface area contributed by atoms with Crippen molar-refractivity contribution in [3.05, 3.63) is 52.5 Å². The van der Waals surface area contributed by atoms with E-state index in [-0.39, 0.29) is 5.75 Å². The van der Waals surface area contributed by atoms with Gasteiger partial charge in [0.1, 0.15) is 5.75 Å². The maximum absolute atomic E-state index is 13.7. The minimum absolute atomic E-state index is 0.191. The average molecular weight is 339 g/mol. The Morgan fingerprint density at radius 1 is 1.30 bits per heavy atom. The fraction of sp³-hybridized carbons (Fsp3) is 0.267. The monoisotopic (exact) mass is 338 g/mol. The van der Waals surface area contributed by atoms with Gasteiger partial charge in [-0.15, -0.1) is 0 Å². The first-order valence-corrected chi connectivity index (χ1v) is 7.14. The molecule has 2 rings (SSSR count). The third-order valence-electron chi connectivity index (χ3n) is 2.67. The lowest BCUT2D eigenvalue weighted by Gasteiger charge is -2.13. The lowest BCUT2D eigenvalue weighted by molar-refractivity contribution is 0.433. The number of nitrogens with zero attached hydrogens (tertiary/aromatic N) is 1. The van der Waals surface area contributed by atoms with Gasteiger partial charge in [-0.05, 0) is 24.3 Å². The number of ether oxygens (including phenoxy) is 1. The molecule has 0 bridgehead atoms. The predicted octanol–water partition coefficient (Wildman–Crippen LogP) is 4.27. The van der Waals surface area contributed by atoms with Gasteiger partial charge in [0.2, 0.25) is 0 Å². The van der Waals surface area contributed by atoms with Crippen LogP contribution in [0, 0.1) is 5.82 Å². The lowest BCUT2D eigenvalue weighted by Crippen LogP contribution is -2.22. The first-order valence-electron chi connectivity index (χ1n) is 6.35. The molecule has 0 spiro atoms. The van der Waals surface area contributed by atoms with E-state index < -0.39 is 5.82 Å². The molecule has 20 heavy (non-hydrogen) atoms. The first kappa shape index (κ1) is 14.9. The van der Waals surface area contributed by atoms with Crippen molar-refractivity contribution in [2.75, 3.05) is 0 Å². The fourth-order valence-corrected chi connectivity index (χ4v) is 1.97. The molecule has 0 aliphatic rings. The molecule has 0 saturated heterocycles. The smallest absolute Gasteiger partial charge is 0.165 e. The summed E-state index contributed by atoms with van der Waals surface area (Å²) in [5.41, 5.74) is 0.889. The Morgan fingerprint density at radius 3 is 2.85 bits per heavy atom. The molecule has 2 aromatic rings. The minimum atomic E-state index is -0.396. The SMILES string of the molecule is CC(C)NCc1cnccc1Oc1cc(Br)ccc1F. The molecule has 0 unspecified atom stereocenters. The van der Waals surface area contributed by atoms with Crippen LogP contribution in [0.4, 0.5) is 4.39 Å². The van der Waals surface area contributed by atoms with Gasteiger partial charge in [-0.25, -0.2) is 4.39 Å². The Hall–Kier alpha value is -1.46. The van der Waals surface area contributed by atoms with Gasteiger partial charge in [0.25, 0.3) is 0 Å². The lowest BCUT2D eigenvalue weighted by atomic mass is 10.2. The van der Waals surface area contributed by atoms with E-state index >= 15 is 0 Å². The maximum atomic E-state index is 13.7. The number of rotatable bonds is 5. The molecule has 0 radical (unpaired) electrons. The molecule has 0 amide bonds. The number of halogens is 2. The topological polar surface area (TPSA) is 34.2 Å². The molecule has 0 saturated carbocycles. The fourth-order valence-electron chi connectivity index (χ4n) is 1.63. The third-order valence-corrected chi connectivity index (χ3v) is 3.17. The highest BCUT2D eigenvalue weighted by Crippen LogP contribution is 2.29. The molecule has 0 aliphatic heterocycles. The van der Waals surface area contributed by atoms with E-state index in [0.29, 0.717) is 18.3 Å². The first-order chi connectivity index (χ1) is 9.56. The third kappa shape index (κ3) is 4.02. The van der Waals surface area contributed by atoms with Crippen molar-refractivity contribution in [2.45, 2.75) is 26.4 Å². The van der Waals surface area contributed by atoms with Gasteiger partial charge >= 0.3 is 0 Å². The van der Waals surface area contributed by atoms with Crippen molar-refractivity contribution < 1.29 is 9.13 Å². The highest BCUT2D eigenvalue weighted by Gasteiger charge is 2.09. The molecule has 0 fully saturated rings. The highest BCUT2D eigenvalue weighted by molar-refractivity contribution is 9.10. The molecule has 1 aromatic carbocycles. The van der Waals surface area contributed by atoms with Crippen LogP contribution in [-0.2, 0) is 6.54 Å². The molecular formula is C15H16BrFN2O. The van der Waals surface area contributed by atoms with Crippen molar-refractivity contribution in [1.82, 2.24) is 10.3 Å². The summed E-state index contributed by atoms with van der Waals surface area (Å²) in [5, 5.41) is 3.29. The summed E-state index contributed by atoms with van der Waals surface area (Å²) in [6.07, 6.45) is 3.35. The van der Waals surface area contributed by atoms with Crippen LogP contribution in [0.25, 0.3) is 0 Å². The van der Waals surface area contributed by atoms with Gasteiger partial charge in [0, 0.05) is 35.0 Å². The van der Waals surface area contributed by atoms with Gasteiger partial charge in [-0.2, -0.15) is 0 Å². The number of benzene rings is 1. The van der Waals surface area contributed by atoms with E-state index in [0.717, 1.165) is 10.0 Å². The Balaban J connectivity index is 2.22. The van der Waals surface area contributed by atoms with Crippen molar-refractivity contribution in [3.63, 3.8) is 0 Å². The van der Waals surface area contributed by atoms with Gasteiger partial charge in [-0.1, -0.05) is 29.8 Å². The van der Waals surface area contributed by atoms with Gasteiger partial charge in [-0.3, -0.25) is 4.98 Å². The zero-order chi connectivity index (χ0) is 14.5. The van der Waals surface area contributed by atoms with E-state index in [1.165, 1.54) is 6.07 Å². The van der Waals surface area contributed by atoms with Gasteiger partial charge in [0.15, 0.2) is 11.6 Å². The van der Waals surface area contributed by atoms with Crippen LogP contribution in [0.5, 0.6) is 11.5 Å². The van der Waals surface area contributed by atoms with E-state index in [1.807, 2.05) is 0 Å². The Labute approximate surface area is 126 Å². The van der Waals surface area contributed by atoms with Crippen molar-refractivity contribution in [2.24, 2.45) is 0 Å². The summed E-state index contributed by atoms with van der Waals surface area (Å²) in [4.78, 5) is 4.08. The summed E-state index contributed by atoms with van der Waals surface area (Å²) in [5.74, 6) is 0.398. The molecule has 1 heterocycles. The summed E-state index contributed by atoms with van der Waals surface area (Å²) in [7, 11) is 0. The molecule has 0 aliphatic carbocycles. The van der Waals surface area contributed by atoms with Crippen molar-refractivity contribution in [1.29, 1.82) is 0 Å². The van der Waals surface area contributed by atoms with E-state index in [2.05, 4.69) is 40.1 Å². The highest BCUT2D eigenvalue weighted by atomic mass is 79.9. The molecule has 106 valence electrons. The molecular weight excluding hydrogens is 323 g/mol. The van der Waals surface area contributed by atoms with Gasteiger partial charge in [0.05, 0.1) is 0 Å². The van der Waals surface area contributed by atoms with Crippen LogP contribution in [0.1, 0.15) is 19.4 Å². The molecule has 0 atom stereocenters. The van der Waals surface area contributed by atoms with Crippen LogP contribution in [0.15, 0.2) is 41.1 Å². The summed E-state index contributed by atoms with van der Waals surface area (Å²) in [6, 6.07) is 6.70. The second-order valence-electron chi connectivity index (χ2n) is 4.70. The minimum Gasteiger partial charge on any atom is -0.454 e. The number of hydrogen-bond donors (Lipinski definition) is 1. The van der Waals surface area contributed by atoms with Crippen LogP contribution < -0.4 is 10.1 Å². The molecule has 1 aromatic heterocycles. The number of hydrogen-bond acceptors (Lipinski definition) is 3. The summed E-state index contributed by atoms with van der Waals surface area (Å²) in [6.45, 7) is 4.74.